The van der Waals surface area contributed by atoms with Gasteiger partial charge >= 0.3 is 0 Å². The summed E-state index contributed by atoms with van der Waals surface area (Å²) in [6.45, 7) is 2.59. The number of para-hydroxylation sites is 1. The number of anilines is 1. The van der Waals surface area contributed by atoms with Crippen LogP contribution in [0.1, 0.15) is 11.3 Å². The van der Waals surface area contributed by atoms with Gasteiger partial charge in [0, 0.05) is 33.9 Å². The molecule has 3 nitrogen and oxygen atoms in total. The fourth-order valence-corrected chi connectivity index (χ4v) is 2.88. The zero-order valence-electron chi connectivity index (χ0n) is 11.6. The fourth-order valence-electron chi connectivity index (χ4n) is 2.53. The molecular formula is C17H15BrN2O. The number of rotatable bonds is 2. The molecule has 0 aliphatic carbocycles. The summed E-state index contributed by atoms with van der Waals surface area (Å²) in [7, 11) is 0. The molecular weight excluding hydrogens is 328 g/mol. The van der Waals surface area contributed by atoms with Gasteiger partial charge in [0.15, 0.2) is 5.43 Å². The minimum atomic E-state index is 0.0484. The van der Waals surface area contributed by atoms with E-state index in [-0.39, 0.29) is 5.43 Å². The Morgan fingerprint density at radius 2 is 1.90 bits per heavy atom. The van der Waals surface area contributed by atoms with E-state index in [9.17, 15) is 4.79 Å². The summed E-state index contributed by atoms with van der Waals surface area (Å²) < 4.78 is 3.07. The Kier molecular flexibility index (Phi) is 3.55. The zero-order valence-corrected chi connectivity index (χ0v) is 13.2. The smallest absolute Gasteiger partial charge is 0.189 e. The van der Waals surface area contributed by atoms with Crippen LogP contribution in [0, 0.1) is 6.92 Å². The molecule has 0 bridgehead atoms. The van der Waals surface area contributed by atoms with Crippen LogP contribution in [0.3, 0.4) is 0 Å². The number of fused-ring (bicyclic) bond motifs is 1. The van der Waals surface area contributed by atoms with Crippen LogP contribution in [0.2, 0.25) is 0 Å². The van der Waals surface area contributed by atoms with Crippen molar-refractivity contribution < 1.29 is 0 Å². The molecule has 0 aliphatic rings. The van der Waals surface area contributed by atoms with Crippen molar-refractivity contribution in [2.75, 3.05) is 5.73 Å². The molecule has 21 heavy (non-hydrogen) atoms. The Hall–Kier alpha value is -2.07. The van der Waals surface area contributed by atoms with Crippen LogP contribution in [0.15, 0.2) is 57.8 Å². The van der Waals surface area contributed by atoms with Crippen LogP contribution in [-0.4, -0.2) is 4.57 Å². The van der Waals surface area contributed by atoms with Crippen molar-refractivity contribution in [1.82, 2.24) is 4.57 Å². The molecule has 0 radical (unpaired) electrons. The Labute approximate surface area is 131 Å². The van der Waals surface area contributed by atoms with E-state index in [0.717, 1.165) is 32.3 Å². The standard InChI is InChI=1S/C17H15BrN2O/c1-11-8-17(21)14-7-6-13(18)9-16(14)20(11)10-12-4-2-3-5-15(12)19/h2-9H,10,19H2,1H3. The number of nitrogen functional groups attached to an aromatic ring is 1. The van der Waals surface area contributed by atoms with Gasteiger partial charge in [-0.2, -0.15) is 0 Å². The Bertz CT molecular complexity index is 884. The van der Waals surface area contributed by atoms with Gasteiger partial charge in [0.25, 0.3) is 0 Å². The van der Waals surface area contributed by atoms with Gasteiger partial charge in [-0.15, -0.1) is 0 Å². The molecule has 3 aromatic rings. The number of aromatic nitrogens is 1. The van der Waals surface area contributed by atoms with Crippen LogP contribution < -0.4 is 11.2 Å². The molecule has 2 N–H and O–H groups in total. The lowest BCUT2D eigenvalue weighted by Crippen LogP contribution is -2.13. The first-order valence-corrected chi connectivity index (χ1v) is 7.48. The lowest BCUT2D eigenvalue weighted by Gasteiger charge is -2.16. The quantitative estimate of drug-likeness (QED) is 0.721. The van der Waals surface area contributed by atoms with Gasteiger partial charge in [0.05, 0.1) is 5.52 Å². The molecule has 0 unspecified atom stereocenters. The maximum Gasteiger partial charge on any atom is 0.189 e. The normalized spacial score (nSPS) is 11.0. The van der Waals surface area contributed by atoms with Crippen LogP contribution >= 0.6 is 15.9 Å². The number of nitrogens with two attached hydrogens (primary N) is 1. The van der Waals surface area contributed by atoms with Crippen molar-refractivity contribution in [2.45, 2.75) is 13.5 Å². The van der Waals surface area contributed by atoms with E-state index in [2.05, 4.69) is 20.5 Å². The monoisotopic (exact) mass is 342 g/mol. The van der Waals surface area contributed by atoms with Gasteiger partial charge in [0.2, 0.25) is 0 Å². The van der Waals surface area contributed by atoms with E-state index < -0.39 is 0 Å². The first kappa shape index (κ1) is 13.9. The molecule has 0 atom stereocenters. The average Bonchev–Trinajstić information content (AvgIpc) is 2.45. The van der Waals surface area contributed by atoms with Crippen LogP contribution in [-0.2, 0) is 6.54 Å². The van der Waals surface area contributed by atoms with E-state index >= 15 is 0 Å². The van der Waals surface area contributed by atoms with Gasteiger partial charge in [-0.25, -0.2) is 0 Å². The minimum Gasteiger partial charge on any atom is -0.398 e. The SMILES string of the molecule is Cc1cc(=O)c2ccc(Br)cc2n1Cc1ccccc1N. The summed E-state index contributed by atoms with van der Waals surface area (Å²) in [5.74, 6) is 0. The molecule has 0 aliphatic heterocycles. The molecule has 0 amide bonds. The third-order valence-electron chi connectivity index (χ3n) is 3.67. The summed E-state index contributed by atoms with van der Waals surface area (Å²) in [6, 6.07) is 15.2. The van der Waals surface area contributed by atoms with E-state index in [1.165, 1.54) is 0 Å². The maximum atomic E-state index is 12.1. The highest BCUT2D eigenvalue weighted by Gasteiger charge is 2.08. The highest BCUT2D eigenvalue weighted by atomic mass is 79.9. The van der Waals surface area contributed by atoms with Crippen molar-refractivity contribution in [2.24, 2.45) is 0 Å². The maximum absolute atomic E-state index is 12.1. The van der Waals surface area contributed by atoms with Crippen LogP contribution in [0.4, 0.5) is 5.69 Å². The molecule has 0 fully saturated rings. The summed E-state index contributed by atoms with van der Waals surface area (Å²) >= 11 is 3.48. The number of halogens is 1. The van der Waals surface area contributed by atoms with Crippen molar-refractivity contribution >= 4 is 32.5 Å². The topological polar surface area (TPSA) is 48.0 Å². The number of hydrogen-bond donors (Lipinski definition) is 1. The first-order valence-electron chi connectivity index (χ1n) is 6.69. The van der Waals surface area contributed by atoms with E-state index in [4.69, 9.17) is 5.73 Å². The molecule has 106 valence electrons. The second-order valence-electron chi connectivity index (χ2n) is 5.10. The molecule has 0 spiro atoms. The van der Waals surface area contributed by atoms with Crippen LogP contribution in [0.25, 0.3) is 10.9 Å². The second kappa shape index (κ2) is 5.37. The van der Waals surface area contributed by atoms with Gasteiger partial charge in [-0.3, -0.25) is 4.79 Å². The summed E-state index contributed by atoms with van der Waals surface area (Å²) in [6.07, 6.45) is 0. The summed E-state index contributed by atoms with van der Waals surface area (Å²) in [5, 5.41) is 0.721. The van der Waals surface area contributed by atoms with E-state index in [0.29, 0.717) is 6.54 Å². The second-order valence-corrected chi connectivity index (χ2v) is 6.01. The Morgan fingerprint density at radius 1 is 1.14 bits per heavy atom. The van der Waals surface area contributed by atoms with Crippen molar-refractivity contribution in [3.05, 3.63) is 74.5 Å². The van der Waals surface area contributed by atoms with Gasteiger partial charge in [0.1, 0.15) is 0 Å². The third-order valence-corrected chi connectivity index (χ3v) is 4.16. The number of pyridine rings is 1. The van der Waals surface area contributed by atoms with Crippen LogP contribution in [0.5, 0.6) is 0 Å². The highest BCUT2D eigenvalue weighted by Crippen LogP contribution is 2.21. The fraction of sp³-hybridized carbons (Fsp3) is 0.118. The third kappa shape index (κ3) is 2.59. The first-order chi connectivity index (χ1) is 10.1. The average molecular weight is 343 g/mol. The zero-order chi connectivity index (χ0) is 15.0. The van der Waals surface area contributed by atoms with Gasteiger partial charge < -0.3 is 10.3 Å². The Balaban J connectivity index is 2.25. The molecule has 4 heteroatoms. The molecule has 1 aromatic heterocycles. The Morgan fingerprint density at radius 3 is 2.67 bits per heavy atom. The highest BCUT2D eigenvalue weighted by molar-refractivity contribution is 9.10. The predicted molar refractivity (Wildman–Crippen MR) is 90.6 cm³/mol. The summed E-state index contributed by atoms with van der Waals surface area (Å²) in [5.41, 5.74) is 9.74. The van der Waals surface area contributed by atoms with Crippen molar-refractivity contribution in [3.8, 4) is 0 Å². The number of aryl methyl sites for hydroxylation is 1. The minimum absolute atomic E-state index is 0.0484. The molecule has 3 rings (SSSR count). The summed E-state index contributed by atoms with van der Waals surface area (Å²) in [4.78, 5) is 12.1. The lowest BCUT2D eigenvalue weighted by atomic mass is 10.1. The molecule has 0 saturated heterocycles. The predicted octanol–water partition coefficient (Wildman–Crippen LogP) is 3.70. The molecule has 2 aromatic carbocycles. The van der Waals surface area contributed by atoms with Crippen molar-refractivity contribution in [1.29, 1.82) is 0 Å². The largest absolute Gasteiger partial charge is 0.398 e. The lowest BCUT2D eigenvalue weighted by molar-refractivity contribution is 0.794. The van der Waals surface area contributed by atoms with Gasteiger partial charge in [-0.05, 0) is 36.8 Å². The van der Waals surface area contributed by atoms with E-state index in [1.807, 2.05) is 49.4 Å². The van der Waals surface area contributed by atoms with E-state index in [1.54, 1.807) is 6.07 Å². The van der Waals surface area contributed by atoms with Crippen molar-refractivity contribution in [3.63, 3.8) is 0 Å². The number of hydrogen-bond acceptors (Lipinski definition) is 2. The number of nitrogens with zero attached hydrogens (tertiary/aromatic N) is 1. The molecule has 1 heterocycles. The molecule has 0 saturated carbocycles. The van der Waals surface area contributed by atoms with Gasteiger partial charge in [-0.1, -0.05) is 34.1 Å². The number of benzene rings is 2.